The summed E-state index contributed by atoms with van der Waals surface area (Å²) in [5, 5.41) is 4.34. The number of hydrogen-bond acceptors (Lipinski definition) is 2. The second kappa shape index (κ2) is 6.15. The molecule has 1 aromatic carbocycles. The maximum Gasteiger partial charge on any atom is 0.192 e. The Labute approximate surface area is 132 Å². The summed E-state index contributed by atoms with van der Waals surface area (Å²) in [6, 6.07) is 6.54. The molecule has 0 bridgehead atoms. The van der Waals surface area contributed by atoms with Crippen LogP contribution in [0.4, 0.5) is 5.69 Å². The van der Waals surface area contributed by atoms with Gasteiger partial charge >= 0.3 is 0 Å². The van der Waals surface area contributed by atoms with Gasteiger partial charge in [-0.05, 0) is 63.1 Å². The molecule has 0 saturated heterocycles. The Morgan fingerprint density at radius 2 is 1.95 bits per heavy atom. The minimum Gasteiger partial charge on any atom is -0.383 e. The number of pyridine rings is 1. The third-order valence-corrected chi connectivity index (χ3v) is 4.53. The monoisotopic (exact) mass is 298 g/mol. The van der Waals surface area contributed by atoms with Gasteiger partial charge in [0.05, 0.1) is 0 Å². The van der Waals surface area contributed by atoms with Crippen molar-refractivity contribution in [3.63, 3.8) is 0 Å². The molecule has 0 aliphatic heterocycles. The highest BCUT2D eigenvalue weighted by Gasteiger charge is 2.16. The van der Waals surface area contributed by atoms with Crippen LogP contribution in [0.15, 0.2) is 23.0 Å². The van der Waals surface area contributed by atoms with Crippen molar-refractivity contribution in [2.75, 3.05) is 5.32 Å². The summed E-state index contributed by atoms with van der Waals surface area (Å²) in [5.41, 5.74) is 4.39. The van der Waals surface area contributed by atoms with Gasteiger partial charge in [-0.1, -0.05) is 13.8 Å². The van der Waals surface area contributed by atoms with E-state index in [0.29, 0.717) is 12.0 Å². The van der Waals surface area contributed by atoms with Crippen molar-refractivity contribution in [2.45, 2.75) is 58.9 Å². The molecule has 0 saturated carbocycles. The molecule has 3 rings (SSSR count). The van der Waals surface area contributed by atoms with Crippen LogP contribution >= 0.6 is 0 Å². The van der Waals surface area contributed by atoms with Crippen LogP contribution in [0.5, 0.6) is 0 Å². The van der Waals surface area contributed by atoms with Gasteiger partial charge in [0, 0.05) is 33.9 Å². The molecule has 2 aromatic rings. The minimum atomic E-state index is 0.226. The molecule has 1 aromatic heterocycles. The van der Waals surface area contributed by atoms with Gasteiger partial charge in [-0.15, -0.1) is 0 Å². The molecular formula is C19H26N2O. The fraction of sp³-hybridized carbons (Fsp3) is 0.526. The summed E-state index contributed by atoms with van der Waals surface area (Å²) in [6.45, 7) is 6.66. The van der Waals surface area contributed by atoms with Crippen molar-refractivity contribution in [1.82, 2.24) is 4.98 Å². The highest BCUT2D eigenvalue weighted by atomic mass is 16.1. The first kappa shape index (κ1) is 15.1. The Kier molecular flexibility index (Phi) is 4.23. The first-order valence-electron chi connectivity index (χ1n) is 8.49. The number of fused-ring (bicyclic) bond motifs is 2. The summed E-state index contributed by atoms with van der Waals surface area (Å²) in [6.07, 6.45) is 5.36. The van der Waals surface area contributed by atoms with E-state index >= 15 is 0 Å². The van der Waals surface area contributed by atoms with Crippen LogP contribution in [0.3, 0.4) is 0 Å². The predicted octanol–water partition coefficient (Wildman–Crippen LogP) is 4.25. The van der Waals surface area contributed by atoms with Gasteiger partial charge in [0.2, 0.25) is 0 Å². The van der Waals surface area contributed by atoms with E-state index in [1.54, 1.807) is 0 Å². The molecule has 0 amide bonds. The molecule has 0 spiro atoms. The van der Waals surface area contributed by atoms with E-state index in [0.717, 1.165) is 53.5 Å². The van der Waals surface area contributed by atoms with E-state index in [1.807, 2.05) is 12.1 Å². The normalized spacial score (nSPS) is 15.8. The van der Waals surface area contributed by atoms with Crippen LogP contribution in [0, 0.1) is 5.92 Å². The first-order chi connectivity index (χ1) is 10.5. The molecule has 2 N–H and O–H groups in total. The lowest BCUT2D eigenvalue weighted by molar-refractivity contribution is 0.540. The lowest BCUT2D eigenvalue weighted by Crippen LogP contribution is -2.20. The maximum atomic E-state index is 12.7. The predicted molar refractivity (Wildman–Crippen MR) is 93.8 cm³/mol. The van der Waals surface area contributed by atoms with Crippen LogP contribution in [-0.4, -0.2) is 11.0 Å². The quantitative estimate of drug-likeness (QED) is 0.886. The van der Waals surface area contributed by atoms with Crippen LogP contribution in [0.2, 0.25) is 0 Å². The van der Waals surface area contributed by atoms with E-state index in [4.69, 9.17) is 0 Å². The molecule has 1 heterocycles. The van der Waals surface area contributed by atoms with Crippen molar-refractivity contribution in [2.24, 2.45) is 5.92 Å². The third kappa shape index (κ3) is 3.03. The molecule has 0 fully saturated rings. The number of nitrogens with one attached hydrogen (secondary N) is 2. The average molecular weight is 298 g/mol. The van der Waals surface area contributed by atoms with E-state index < -0.39 is 0 Å². The highest BCUT2D eigenvalue weighted by Crippen LogP contribution is 2.22. The fourth-order valence-electron chi connectivity index (χ4n) is 3.60. The number of aryl methyl sites for hydroxylation is 1. The van der Waals surface area contributed by atoms with Gasteiger partial charge in [0.15, 0.2) is 5.43 Å². The fourth-order valence-corrected chi connectivity index (χ4v) is 3.60. The van der Waals surface area contributed by atoms with E-state index in [1.165, 1.54) is 6.42 Å². The van der Waals surface area contributed by atoms with Crippen LogP contribution < -0.4 is 10.7 Å². The summed E-state index contributed by atoms with van der Waals surface area (Å²) < 4.78 is 0. The molecule has 1 unspecified atom stereocenters. The Morgan fingerprint density at radius 1 is 1.18 bits per heavy atom. The molecule has 1 atom stereocenters. The van der Waals surface area contributed by atoms with Gasteiger partial charge in [-0.25, -0.2) is 0 Å². The molecular weight excluding hydrogens is 272 g/mol. The van der Waals surface area contributed by atoms with Crippen LogP contribution in [0.1, 0.15) is 51.3 Å². The SMILES string of the molecule is CC(C)CC(C)Nc1ccc2[nH]c3c(c(=O)c2c1)CCCC3. The van der Waals surface area contributed by atoms with E-state index in [9.17, 15) is 4.79 Å². The van der Waals surface area contributed by atoms with Gasteiger partial charge in [0.25, 0.3) is 0 Å². The van der Waals surface area contributed by atoms with E-state index in [-0.39, 0.29) is 5.43 Å². The molecule has 118 valence electrons. The van der Waals surface area contributed by atoms with Gasteiger partial charge in [-0.3, -0.25) is 4.79 Å². The molecule has 0 radical (unpaired) electrons. The maximum absolute atomic E-state index is 12.7. The number of hydrogen-bond donors (Lipinski definition) is 2. The standard InChI is InChI=1S/C19H26N2O/c1-12(2)10-13(3)20-14-8-9-18-16(11-14)19(22)15-6-4-5-7-17(15)21-18/h8-9,11-13,20H,4-7,10H2,1-3H3,(H,21,22). The molecule has 3 heteroatoms. The largest absolute Gasteiger partial charge is 0.383 e. The van der Waals surface area contributed by atoms with Gasteiger partial charge < -0.3 is 10.3 Å². The Hall–Kier alpha value is -1.77. The Bertz CT molecular complexity index is 730. The van der Waals surface area contributed by atoms with Crippen molar-refractivity contribution in [1.29, 1.82) is 0 Å². The number of H-pyrrole nitrogens is 1. The molecule has 3 nitrogen and oxygen atoms in total. The Balaban J connectivity index is 1.95. The van der Waals surface area contributed by atoms with Crippen LogP contribution in [-0.2, 0) is 12.8 Å². The number of aromatic nitrogens is 1. The summed E-state index contributed by atoms with van der Waals surface area (Å²) in [7, 11) is 0. The minimum absolute atomic E-state index is 0.226. The van der Waals surface area contributed by atoms with E-state index in [2.05, 4.69) is 37.1 Å². The van der Waals surface area contributed by atoms with Gasteiger partial charge in [-0.2, -0.15) is 0 Å². The second-order valence-electron chi connectivity index (χ2n) is 7.05. The summed E-state index contributed by atoms with van der Waals surface area (Å²) in [4.78, 5) is 16.2. The molecule has 1 aliphatic rings. The summed E-state index contributed by atoms with van der Waals surface area (Å²) >= 11 is 0. The number of benzene rings is 1. The van der Waals surface area contributed by atoms with Gasteiger partial charge in [0.1, 0.15) is 0 Å². The highest BCUT2D eigenvalue weighted by molar-refractivity contribution is 5.83. The Morgan fingerprint density at radius 3 is 2.73 bits per heavy atom. The lowest BCUT2D eigenvalue weighted by Gasteiger charge is -2.19. The second-order valence-corrected chi connectivity index (χ2v) is 7.05. The number of aromatic amines is 1. The van der Waals surface area contributed by atoms with Crippen molar-refractivity contribution < 1.29 is 0 Å². The zero-order valence-corrected chi connectivity index (χ0v) is 13.8. The van der Waals surface area contributed by atoms with Crippen molar-refractivity contribution in [3.8, 4) is 0 Å². The third-order valence-electron chi connectivity index (χ3n) is 4.53. The smallest absolute Gasteiger partial charge is 0.192 e. The topological polar surface area (TPSA) is 44.9 Å². The molecule has 22 heavy (non-hydrogen) atoms. The zero-order valence-electron chi connectivity index (χ0n) is 13.8. The number of anilines is 1. The number of rotatable bonds is 4. The first-order valence-corrected chi connectivity index (χ1v) is 8.49. The van der Waals surface area contributed by atoms with Crippen molar-refractivity contribution in [3.05, 3.63) is 39.7 Å². The lowest BCUT2D eigenvalue weighted by atomic mass is 9.94. The summed E-state index contributed by atoms with van der Waals surface area (Å²) in [5.74, 6) is 0.665. The zero-order chi connectivity index (χ0) is 15.7. The molecule has 1 aliphatic carbocycles. The average Bonchev–Trinajstić information content (AvgIpc) is 2.47. The van der Waals surface area contributed by atoms with Crippen LogP contribution in [0.25, 0.3) is 10.9 Å². The van der Waals surface area contributed by atoms with Crippen molar-refractivity contribution >= 4 is 16.6 Å².